The lowest BCUT2D eigenvalue weighted by Gasteiger charge is -2.26. The first-order valence-electron chi connectivity index (χ1n) is 13.4. The summed E-state index contributed by atoms with van der Waals surface area (Å²) in [7, 11) is 0. The number of carbonyl (C=O) groups excluding carboxylic acids is 1. The molecule has 7 heteroatoms. The van der Waals surface area contributed by atoms with Crippen LogP contribution < -0.4 is 0 Å². The number of aliphatic hydroxyl groups excluding tert-OH is 1. The lowest BCUT2D eigenvalue weighted by Crippen LogP contribution is -2.32. The molecule has 2 aromatic heterocycles. The number of carbonyl (C=O) groups is 1. The lowest BCUT2D eigenvalue weighted by atomic mass is 9.93. The van der Waals surface area contributed by atoms with Crippen LogP contribution >= 0.6 is 0 Å². The first kappa shape index (κ1) is 25.2. The molecule has 0 radical (unpaired) electrons. The number of hydrogen-bond acceptors (Lipinski definition) is 5. The van der Waals surface area contributed by atoms with E-state index in [1.807, 2.05) is 41.1 Å². The van der Waals surface area contributed by atoms with Gasteiger partial charge in [-0.2, -0.15) is 5.10 Å². The maximum atomic E-state index is 14.0. The van der Waals surface area contributed by atoms with E-state index in [4.69, 9.17) is 14.8 Å². The van der Waals surface area contributed by atoms with E-state index >= 15 is 0 Å². The molecule has 0 aliphatic carbocycles. The molecule has 0 bridgehead atoms. The highest BCUT2D eigenvalue weighted by Gasteiger charge is 2.29. The van der Waals surface area contributed by atoms with Gasteiger partial charge in [0.05, 0.1) is 40.6 Å². The number of halogens is 1. The molecule has 6 rings (SSSR count). The fourth-order valence-corrected chi connectivity index (χ4v) is 5.63. The predicted octanol–water partition coefficient (Wildman–Crippen LogP) is 6.50. The molecule has 1 aliphatic rings. The van der Waals surface area contributed by atoms with Crippen LogP contribution in [0.25, 0.3) is 38.8 Å². The number of ether oxygens (including phenoxy) is 1. The molecule has 0 saturated carbocycles. The third kappa shape index (κ3) is 4.79. The van der Waals surface area contributed by atoms with Crippen LogP contribution in [0.15, 0.2) is 72.8 Å². The first-order valence-corrected chi connectivity index (χ1v) is 13.4. The molecule has 198 valence electrons. The van der Waals surface area contributed by atoms with Crippen LogP contribution in [0.1, 0.15) is 50.3 Å². The van der Waals surface area contributed by atoms with Gasteiger partial charge >= 0.3 is 5.97 Å². The monoisotopic (exact) mass is 523 g/mol. The second kappa shape index (κ2) is 10.2. The van der Waals surface area contributed by atoms with Crippen LogP contribution in [0.4, 0.5) is 4.39 Å². The van der Waals surface area contributed by atoms with Gasteiger partial charge in [0.15, 0.2) is 0 Å². The van der Waals surface area contributed by atoms with E-state index in [1.54, 1.807) is 12.1 Å². The molecule has 0 spiro atoms. The smallest absolute Gasteiger partial charge is 0.308 e. The van der Waals surface area contributed by atoms with E-state index < -0.39 is 6.10 Å². The van der Waals surface area contributed by atoms with Crippen LogP contribution in [-0.4, -0.2) is 38.0 Å². The summed E-state index contributed by atoms with van der Waals surface area (Å²) in [5.41, 5.74) is 6.33. The number of aliphatic hydroxyl groups is 1. The topological polar surface area (TPSA) is 77.2 Å². The number of rotatable bonds is 6. The Bertz CT molecular complexity index is 1620. The van der Waals surface area contributed by atoms with Crippen molar-refractivity contribution < 1.29 is 19.0 Å². The second-order valence-corrected chi connectivity index (χ2v) is 10.5. The summed E-state index contributed by atoms with van der Waals surface area (Å²) < 4.78 is 21.6. The normalized spacial score (nSPS) is 17.7. The number of fused-ring (bicyclic) bond motifs is 2. The summed E-state index contributed by atoms with van der Waals surface area (Å²) in [4.78, 5) is 16.9. The van der Waals surface area contributed by atoms with Crippen LogP contribution in [0.5, 0.6) is 0 Å². The Morgan fingerprint density at radius 2 is 1.64 bits per heavy atom. The number of cyclic esters (lactones) is 1. The van der Waals surface area contributed by atoms with Crippen molar-refractivity contribution in [3.63, 3.8) is 0 Å². The van der Waals surface area contributed by atoms with Crippen LogP contribution in [0.2, 0.25) is 0 Å². The summed E-state index contributed by atoms with van der Waals surface area (Å²) in [6, 6.07) is 22.5. The van der Waals surface area contributed by atoms with Gasteiger partial charge in [0, 0.05) is 28.3 Å². The SMILES string of the molecule is CC(C)c1nn(-c2c3ccccc3nc3ccccc23)c(-c2ccc(F)cc2)c1CC[C@@H]1C[C@H](O)CC(=O)O1. The van der Waals surface area contributed by atoms with E-state index in [9.17, 15) is 14.3 Å². The third-order valence-electron chi connectivity index (χ3n) is 7.40. The largest absolute Gasteiger partial charge is 0.462 e. The van der Waals surface area contributed by atoms with Crippen LogP contribution in [0, 0.1) is 5.82 Å². The molecule has 3 aromatic carbocycles. The van der Waals surface area contributed by atoms with Crippen molar-refractivity contribution in [3.05, 3.63) is 89.9 Å². The van der Waals surface area contributed by atoms with E-state index in [-0.39, 0.29) is 30.2 Å². The predicted molar refractivity (Wildman–Crippen MR) is 149 cm³/mol. The van der Waals surface area contributed by atoms with Crippen molar-refractivity contribution in [1.29, 1.82) is 0 Å². The van der Waals surface area contributed by atoms with Gasteiger partial charge in [-0.3, -0.25) is 4.79 Å². The van der Waals surface area contributed by atoms with Crippen molar-refractivity contribution in [1.82, 2.24) is 14.8 Å². The fraction of sp³-hybridized carbons (Fsp3) is 0.281. The molecule has 2 atom stereocenters. The Kier molecular flexibility index (Phi) is 6.61. The van der Waals surface area contributed by atoms with Gasteiger partial charge in [0.2, 0.25) is 0 Å². The Hall–Kier alpha value is -4.10. The lowest BCUT2D eigenvalue weighted by molar-refractivity contribution is -0.160. The maximum absolute atomic E-state index is 14.0. The minimum Gasteiger partial charge on any atom is -0.462 e. The Morgan fingerprint density at radius 1 is 1.00 bits per heavy atom. The molecular weight excluding hydrogens is 493 g/mol. The zero-order valence-corrected chi connectivity index (χ0v) is 22.0. The van der Waals surface area contributed by atoms with E-state index in [2.05, 4.69) is 26.0 Å². The Labute approximate surface area is 226 Å². The van der Waals surface area contributed by atoms with Crippen molar-refractivity contribution >= 4 is 27.8 Å². The minimum absolute atomic E-state index is 0.0364. The molecule has 6 nitrogen and oxygen atoms in total. The molecule has 1 N–H and O–H groups in total. The van der Waals surface area contributed by atoms with Crippen LogP contribution in [-0.2, 0) is 16.0 Å². The molecule has 1 aliphatic heterocycles. The number of aromatic nitrogens is 3. The number of esters is 1. The van der Waals surface area contributed by atoms with Crippen LogP contribution in [0.3, 0.4) is 0 Å². The summed E-state index contributed by atoms with van der Waals surface area (Å²) in [5, 5.41) is 17.3. The maximum Gasteiger partial charge on any atom is 0.308 e. The average Bonchev–Trinajstić information content (AvgIpc) is 3.29. The third-order valence-corrected chi connectivity index (χ3v) is 7.40. The zero-order valence-electron chi connectivity index (χ0n) is 22.0. The molecule has 5 aromatic rings. The summed E-state index contributed by atoms with van der Waals surface area (Å²) in [5.74, 6) is -0.565. The summed E-state index contributed by atoms with van der Waals surface area (Å²) in [6.45, 7) is 4.22. The fourth-order valence-electron chi connectivity index (χ4n) is 5.63. The van der Waals surface area contributed by atoms with Crippen molar-refractivity contribution in [3.8, 4) is 16.9 Å². The van der Waals surface area contributed by atoms with E-state index in [0.29, 0.717) is 19.3 Å². The van der Waals surface area contributed by atoms with Crippen molar-refractivity contribution in [2.45, 2.75) is 57.7 Å². The number of hydrogen-bond donors (Lipinski definition) is 1. The first-order chi connectivity index (χ1) is 18.9. The quantitative estimate of drug-likeness (QED) is 0.203. The highest BCUT2D eigenvalue weighted by molar-refractivity contribution is 6.03. The van der Waals surface area contributed by atoms with Gasteiger partial charge < -0.3 is 9.84 Å². The Balaban J connectivity index is 1.59. The number of benzene rings is 3. The van der Waals surface area contributed by atoms with Gasteiger partial charge in [-0.15, -0.1) is 0 Å². The number of nitrogens with zero attached hydrogens (tertiary/aromatic N) is 3. The summed E-state index contributed by atoms with van der Waals surface area (Å²) >= 11 is 0. The van der Waals surface area contributed by atoms with Gasteiger partial charge in [0.1, 0.15) is 11.9 Å². The molecule has 1 fully saturated rings. The number of para-hydroxylation sites is 2. The molecule has 3 heterocycles. The highest BCUT2D eigenvalue weighted by atomic mass is 19.1. The van der Waals surface area contributed by atoms with Gasteiger partial charge in [-0.25, -0.2) is 14.1 Å². The molecule has 1 saturated heterocycles. The van der Waals surface area contributed by atoms with E-state index in [0.717, 1.165) is 50.0 Å². The van der Waals surface area contributed by atoms with Crippen molar-refractivity contribution in [2.75, 3.05) is 0 Å². The Morgan fingerprint density at radius 3 is 2.26 bits per heavy atom. The average molecular weight is 524 g/mol. The number of pyridine rings is 1. The molecule has 0 amide bonds. The molecular formula is C32H30FN3O3. The second-order valence-electron chi connectivity index (χ2n) is 10.5. The summed E-state index contributed by atoms with van der Waals surface area (Å²) in [6.07, 6.45) is 0.548. The van der Waals surface area contributed by atoms with Gasteiger partial charge in [-0.05, 0) is 55.2 Å². The zero-order chi connectivity index (χ0) is 27.1. The van der Waals surface area contributed by atoms with Gasteiger partial charge in [-0.1, -0.05) is 50.2 Å². The molecule has 39 heavy (non-hydrogen) atoms. The van der Waals surface area contributed by atoms with Gasteiger partial charge in [0.25, 0.3) is 0 Å². The standard InChI is InChI=1S/C32H30FN3O3/c1-19(2)30-26(16-15-23-17-22(37)18-29(38)39-23)31(20-11-13-21(33)14-12-20)36(35-30)32-24-7-3-5-9-27(24)34-28-10-6-4-8-25(28)32/h3-14,19,22-23,37H,15-18H2,1-2H3/t22-,23+/m0/s1. The van der Waals surface area contributed by atoms with E-state index in [1.165, 1.54) is 12.1 Å². The molecule has 0 unspecified atom stereocenters. The minimum atomic E-state index is -0.686. The highest BCUT2D eigenvalue weighted by Crippen LogP contribution is 2.38. The van der Waals surface area contributed by atoms with Crippen molar-refractivity contribution in [2.24, 2.45) is 0 Å².